The highest BCUT2D eigenvalue weighted by molar-refractivity contribution is 5.84. The van der Waals surface area contributed by atoms with E-state index >= 15 is 0 Å². The third-order valence-corrected chi connectivity index (χ3v) is 4.11. The molecule has 1 saturated carbocycles. The second-order valence-corrected chi connectivity index (χ2v) is 5.49. The van der Waals surface area contributed by atoms with Gasteiger partial charge < -0.3 is 11.1 Å². The maximum absolute atomic E-state index is 11.4. The van der Waals surface area contributed by atoms with Gasteiger partial charge in [0.25, 0.3) is 0 Å². The summed E-state index contributed by atoms with van der Waals surface area (Å²) in [7, 11) is 1.80. The Morgan fingerprint density at radius 1 is 1.35 bits per heavy atom. The van der Waals surface area contributed by atoms with Crippen LogP contribution in [0.5, 0.6) is 0 Å². The van der Waals surface area contributed by atoms with Crippen LogP contribution >= 0.6 is 0 Å². The fourth-order valence-corrected chi connectivity index (χ4v) is 2.45. The molecule has 0 aromatic heterocycles. The Kier molecular flexibility index (Phi) is 3.70. The maximum atomic E-state index is 11.4. The molecule has 2 fully saturated rings. The van der Waals surface area contributed by atoms with E-state index in [0.717, 1.165) is 32.2 Å². The smallest absolute Gasteiger partial charge is 0.238 e. The Balaban J connectivity index is 1.81. The lowest BCUT2D eigenvalue weighted by molar-refractivity contribution is -0.124. The number of likely N-dealkylation sites (N-methyl/N-ethyl adjacent to an activating group) is 1. The first kappa shape index (κ1) is 12.8. The van der Waals surface area contributed by atoms with Gasteiger partial charge in [-0.3, -0.25) is 14.6 Å². The van der Waals surface area contributed by atoms with Crippen molar-refractivity contribution < 1.29 is 4.79 Å². The first-order valence-electron chi connectivity index (χ1n) is 6.50. The molecule has 1 unspecified atom stereocenters. The van der Waals surface area contributed by atoms with E-state index in [2.05, 4.69) is 15.1 Å². The molecule has 98 valence electrons. The molecule has 1 aliphatic heterocycles. The number of nitrogens with one attached hydrogen (secondary N) is 1. The Morgan fingerprint density at radius 2 is 1.94 bits per heavy atom. The minimum atomic E-state index is -0.609. The minimum Gasteiger partial charge on any atom is -0.368 e. The highest BCUT2D eigenvalue weighted by Gasteiger charge is 2.35. The summed E-state index contributed by atoms with van der Waals surface area (Å²) < 4.78 is 0. The molecule has 3 N–H and O–H groups in total. The second-order valence-electron chi connectivity index (χ2n) is 5.49. The molecule has 0 radical (unpaired) electrons. The van der Waals surface area contributed by atoms with Crippen molar-refractivity contribution in [1.29, 1.82) is 0 Å². The predicted octanol–water partition coefficient (Wildman–Crippen LogP) is -0.770. The van der Waals surface area contributed by atoms with Crippen LogP contribution in [0.15, 0.2) is 0 Å². The molecular formula is C12H24N4O. The first-order valence-corrected chi connectivity index (χ1v) is 6.50. The van der Waals surface area contributed by atoms with Gasteiger partial charge in [0.1, 0.15) is 5.54 Å². The van der Waals surface area contributed by atoms with Crippen molar-refractivity contribution >= 4 is 5.91 Å². The van der Waals surface area contributed by atoms with Gasteiger partial charge in [-0.25, -0.2) is 0 Å². The van der Waals surface area contributed by atoms with Gasteiger partial charge in [-0.05, 0) is 26.8 Å². The summed E-state index contributed by atoms with van der Waals surface area (Å²) in [4.78, 5) is 16.3. The summed E-state index contributed by atoms with van der Waals surface area (Å²) in [5.74, 6) is -0.273. The molecule has 17 heavy (non-hydrogen) atoms. The number of carbonyl (C=O) groups excluding carboxylic acids is 1. The predicted molar refractivity (Wildman–Crippen MR) is 67.7 cm³/mol. The molecular weight excluding hydrogens is 216 g/mol. The van der Waals surface area contributed by atoms with Crippen LogP contribution in [-0.4, -0.2) is 67.1 Å². The number of carbonyl (C=O) groups is 1. The monoisotopic (exact) mass is 240 g/mol. The number of amides is 1. The zero-order chi connectivity index (χ0) is 12.5. The molecule has 1 amide bonds. The summed E-state index contributed by atoms with van der Waals surface area (Å²) in [6, 6.07) is 0.851. The van der Waals surface area contributed by atoms with E-state index < -0.39 is 5.54 Å². The molecule has 0 spiro atoms. The van der Waals surface area contributed by atoms with Crippen LogP contribution in [-0.2, 0) is 4.79 Å². The summed E-state index contributed by atoms with van der Waals surface area (Å²) in [5, 5.41) is 3.04. The van der Waals surface area contributed by atoms with Crippen molar-refractivity contribution in [3.8, 4) is 0 Å². The quantitative estimate of drug-likeness (QED) is 0.662. The van der Waals surface area contributed by atoms with E-state index in [0.29, 0.717) is 6.54 Å². The lowest BCUT2D eigenvalue weighted by Gasteiger charge is -2.39. The summed E-state index contributed by atoms with van der Waals surface area (Å²) >= 11 is 0. The first-order chi connectivity index (χ1) is 8.05. The Labute approximate surface area is 103 Å². The number of piperazine rings is 1. The second kappa shape index (κ2) is 4.92. The zero-order valence-electron chi connectivity index (χ0n) is 10.9. The molecule has 1 heterocycles. The third kappa shape index (κ3) is 2.97. The SMILES string of the molecule is CNC(C)(CN1CCN(C2CC2)CC1)C(N)=O. The highest BCUT2D eigenvalue weighted by Crippen LogP contribution is 2.27. The summed E-state index contributed by atoms with van der Waals surface area (Å²) in [6.07, 6.45) is 2.74. The molecule has 0 bridgehead atoms. The van der Waals surface area contributed by atoms with Crippen molar-refractivity contribution in [3.05, 3.63) is 0 Å². The third-order valence-electron chi connectivity index (χ3n) is 4.11. The molecule has 2 rings (SSSR count). The van der Waals surface area contributed by atoms with Crippen LogP contribution in [0.3, 0.4) is 0 Å². The summed E-state index contributed by atoms with van der Waals surface area (Å²) in [6.45, 7) is 6.93. The van der Waals surface area contributed by atoms with Crippen LogP contribution in [0.25, 0.3) is 0 Å². The molecule has 1 aliphatic carbocycles. The molecule has 1 saturated heterocycles. The number of rotatable bonds is 5. The normalized spacial score (nSPS) is 26.7. The van der Waals surface area contributed by atoms with Crippen LogP contribution in [0.4, 0.5) is 0 Å². The van der Waals surface area contributed by atoms with Gasteiger partial charge >= 0.3 is 0 Å². The van der Waals surface area contributed by atoms with Crippen molar-refractivity contribution in [2.75, 3.05) is 39.8 Å². The average molecular weight is 240 g/mol. The lowest BCUT2D eigenvalue weighted by Crippen LogP contribution is -2.60. The maximum Gasteiger partial charge on any atom is 0.238 e. The van der Waals surface area contributed by atoms with Gasteiger partial charge in [0.2, 0.25) is 5.91 Å². The van der Waals surface area contributed by atoms with E-state index in [9.17, 15) is 4.79 Å². The van der Waals surface area contributed by atoms with E-state index in [-0.39, 0.29) is 5.91 Å². The van der Waals surface area contributed by atoms with Crippen LogP contribution in [0.2, 0.25) is 0 Å². The molecule has 1 atom stereocenters. The number of primary amides is 1. The van der Waals surface area contributed by atoms with Gasteiger partial charge in [0.15, 0.2) is 0 Å². The van der Waals surface area contributed by atoms with Crippen LogP contribution in [0.1, 0.15) is 19.8 Å². The molecule has 5 nitrogen and oxygen atoms in total. The minimum absolute atomic E-state index is 0.273. The van der Waals surface area contributed by atoms with Gasteiger partial charge in [-0.15, -0.1) is 0 Å². The number of nitrogens with two attached hydrogens (primary N) is 1. The van der Waals surface area contributed by atoms with E-state index in [4.69, 9.17) is 5.73 Å². The Bertz CT molecular complexity index is 284. The lowest BCUT2D eigenvalue weighted by atomic mass is 10.0. The van der Waals surface area contributed by atoms with E-state index in [1.807, 2.05) is 6.92 Å². The number of hydrogen-bond acceptors (Lipinski definition) is 4. The van der Waals surface area contributed by atoms with Crippen molar-refractivity contribution in [2.24, 2.45) is 5.73 Å². The largest absolute Gasteiger partial charge is 0.368 e. The molecule has 2 aliphatic rings. The van der Waals surface area contributed by atoms with Gasteiger partial charge in [0, 0.05) is 38.8 Å². The van der Waals surface area contributed by atoms with Gasteiger partial charge in [-0.1, -0.05) is 0 Å². The van der Waals surface area contributed by atoms with Gasteiger partial charge in [-0.2, -0.15) is 0 Å². The van der Waals surface area contributed by atoms with E-state index in [1.165, 1.54) is 12.8 Å². The number of nitrogens with zero attached hydrogens (tertiary/aromatic N) is 2. The van der Waals surface area contributed by atoms with Crippen molar-refractivity contribution in [2.45, 2.75) is 31.3 Å². The van der Waals surface area contributed by atoms with Crippen LogP contribution in [0, 0.1) is 0 Å². The average Bonchev–Trinajstić information content (AvgIpc) is 3.13. The van der Waals surface area contributed by atoms with Crippen molar-refractivity contribution in [1.82, 2.24) is 15.1 Å². The zero-order valence-corrected chi connectivity index (χ0v) is 10.9. The van der Waals surface area contributed by atoms with E-state index in [1.54, 1.807) is 7.05 Å². The Morgan fingerprint density at radius 3 is 2.35 bits per heavy atom. The fraction of sp³-hybridized carbons (Fsp3) is 0.917. The Hall–Kier alpha value is -0.650. The molecule has 5 heteroatoms. The van der Waals surface area contributed by atoms with Crippen LogP contribution < -0.4 is 11.1 Å². The molecule has 0 aromatic carbocycles. The summed E-state index contributed by atoms with van der Waals surface area (Å²) in [5.41, 5.74) is 4.84. The highest BCUT2D eigenvalue weighted by atomic mass is 16.1. The van der Waals surface area contributed by atoms with Crippen molar-refractivity contribution in [3.63, 3.8) is 0 Å². The standard InChI is InChI=1S/C12H24N4O/c1-12(14-2,11(13)17)9-15-5-7-16(8-6-15)10-3-4-10/h10,14H,3-9H2,1-2H3,(H2,13,17). The fourth-order valence-electron chi connectivity index (χ4n) is 2.45. The number of hydrogen-bond donors (Lipinski definition) is 2. The molecule has 0 aromatic rings. The topological polar surface area (TPSA) is 61.6 Å². The van der Waals surface area contributed by atoms with Gasteiger partial charge in [0.05, 0.1) is 0 Å².